The second-order valence-corrected chi connectivity index (χ2v) is 6.52. The fourth-order valence-electron chi connectivity index (χ4n) is 2.31. The van der Waals surface area contributed by atoms with E-state index in [-0.39, 0.29) is 5.78 Å². The molecule has 1 aromatic heterocycles. The van der Waals surface area contributed by atoms with Gasteiger partial charge >= 0.3 is 0 Å². The molecule has 0 fully saturated rings. The minimum Gasteiger partial charge on any atom is -0.289 e. The van der Waals surface area contributed by atoms with Crippen LogP contribution >= 0.6 is 27.5 Å². The molecule has 0 radical (unpaired) electrons. The van der Waals surface area contributed by atoms with Gasteiger partial charge in [-0.15, -0.1) is 0 Å². The Balaban J connectivity index is 1.89. The lowest BCUT2D eigenvalue weighted by Crippen LogP contribution is -1.95. The lowest BCUT2D eigenvalue weighted by Gasteiger charge is -2.02. The highest BCUT2D eigenvalue weighted by atomic mass is 79.9. The van der Waals surface area contributed by atoms with Gasteiger partial charge in [0.1, 0.15) is 5.15 Å². The Labute approximate surface area is 153 Å². The maximum Gasteiger partial charge on any atom is 0.185 e. The highest BCUT2D eigenvalue weighted by Crippen LogP contribution is 2.25. The van der Waals surface area contributed by atoms with Gasteiger partial charge in [0.2, 0.25) is 0 Å². The zero-order chi connectivity index (χ0) is 17.1. The van der Waals surface area contributed by atoms with Crippen LogP contribution in [0.25, 0.3) is 11.8 Å². The number of halogens is 2. The van der Waals surface area contributed by atoms with Crippen LogP contribution in [0.4, 0.5) is 0 Å². The maximum absolute atomic E-state index is 12.3. The molecule has 1 heterocycles. The van der Waals surface area contributed by atoms with E-state index < -0.39 is 0 Å². The second kappa shape index (κ2) is 7.16. The molecule has 5 heteroatoms. The van der Waals surface area contributed by atoms with Crippen molar-refractivity contribution in [3.8, 4) is 5.69 Å². The number of aromatic nitrogens is 2. The topological polar surface area (TPSA) is 34.9 Å². The predicted octanol–water partition coefficient (Wildman–Crippen LogP) is 5.49. The summed E-state index contributed by atoms with van der Waals surface area (Å²) in [7, 11) is 0. The summed E-state index contributed by atoms with van der Waals surface area (Å²) < 4.78 is 2.60. The van der Waals surface area contributed by atoms with Crippen molar-refractivity contribution in [3.05, 3.63) is 87.1 Å². The van der Waals surface area contributed by atoms with Gasteiger partial charge in [0, 0.05) is 15.6 Å². The van der Waals surface area contributed by atoms with E-state index in [1.54, 1.807) is 22.9 Å². The molecule has 2 aromatic carbocycles. The minimum absolute atomic E-state index is 0.0783. The van der Waals surface area contributed by atoms with Crippen LogP contribution < -0.4 is 0 Å². The Hall–Kier alpha value is -2.17. The van der Waals surface area contributed by atoms with Crippen molar-refractivity contribution in [3.63, 3.8) is 0 Å². The predicted molar refractivity (Wildman–Crippen MR) is 101 cm³/mol. The summed E-state index contributed by atoms with van der Waals surface area (Å²) in [4.78, 5) is 12.3. The van der Waals surface area contributed by atoms with Crippen LogP contribution in [-0.4, -0.2) is 15.6 Å². The summed E-state index contributed by atoms with van der Waals surface area (Å²) in [5.41, 5.74) is 3.01. The van der Waals surface area contributed by atoms with E-state index in [1.165, 1.54) is 6.08 Å². The molecule has 0 unspecified atom stereocenters. The largest absolute Gasteiger partial charge is 0.289 e. The third-order valence-corrected chi connectivity index (χ3v) is 4.47. The fourth-order valence-corrected chi connectivity index (χ4v) is 2.91. The lowest BCUT2D eigenvalue weighted by molar-refractivity contribution is 0.104. The third-order valence-electron chi connectivity index (χ3n) is 3.58. The van der Waals surface area contributed by atoms with Gasteiger partial charge in [0.15, 0.2) is 5.78 Å². The molecule has 0 saturated carbocycles. The number of benzene rings is 2. The molecule has 3 rings (SSSR count). The number of para-hydroxylation sites is 1. The molecular formula is C19H14BrClN2O. The van der Waals surface area contributed by atoms with Gasteiger partial charge in [0.25, 0.3) is 0 Å². The summed E-state index contributed by atoms with van der Waals surface area (Å²) >= 11 is 9.80. The molecular weight excluding hydrogens is 388 g/mol. The number of aryl methyl sites for hydroxylation is 1. The van der Waals surface area contributed by atoms with E-state index >= 15 is 0 Å². The van der Waals surface area contributed by atoms with Gasteiger partial charge < -0.3 is 0 Å². The van der Waals surface area contributed by atoms with Crippen LogP contribution in [0, 0.1) is 6.92 Å². The van der Waals surface area contributed by atoms with E-state index in [0.29, 0.717) is 10.7 Å². The van der Waals surface area contributed by atoms with Crippen molar-refractivity contribution in [1.82, 2.24) is 9.78 Å². The molecule has 0 bridgehead atoms. The maximum atomic E-state index is 12.3. The van der Waals surface area contributed by atoms with Crippen LogP contribution in [-0.2, 0) is 0 Å². The number of rotatable bonds is 4. The summed E-state index contributed by atoms with van der Waals surface area (Å²) in [6.07, 6.45) is 3.24. The van der Waals surface area contributed by atoms with Gasteiger partial charge in [-0.1, -0.05) is 45.7 Å². The second-order valence-electron chi connectivity index (χ2n) is 5.24. The quantitative estimate of drug-likeness (QED) is 0.428. The highest BCUT2D eigenvalue weighted by molar-refractivity contribution is 9.10. The molecule has 0 spiro atoms. The van der Waals surface area contributed by atoms with Crippen LogP contribution in [0.5, 0.6) is 0 Å². The average molecular weight is 402 g/mol. The van der Waals surface area contributed by atoms with Gasteiger partial charge in [-0.25, -0.2) is 4.68 Å². The van der Waals surface area contributed by atoms with Gasteiger partial charge in [0.05, 0.1) is 11.4 Å². The molecule has 0 N–H and O–H groups in total. The fraction of sp³-hybridized carbons (Fsp3) is 0.0526. The van der Waals surface area contributed by atoms with Gasteiger partial charge in [-0.3, -0.25) is 4.79 Å². The third kappa shape index (κ3) is 3.50. The van der Waals surface area contributed by atoms with Crippen molar-refractivity contribution < 1.29 is 4.79 Å². The Morgan fingerprint density at radius 2 is 1.79 bits per heavy atom. The van der Waals surface area contributed by atoms with E-state index in [9.17, 15) is 4.79 Å². The normalized spacial score (nSPS) is 11.1. The smallest absolute Gasteiger partial charge is 0.185 e. The Morgan fingerprint density at radius 3 is 2.46 bits per heavy atom. The Kier molecular flexibility index (Phi) is 4.97. The first-order valence-electron chi connectivity index (χ1n) is 7.35. The lowest BCUT2D eigenvalue weighted by atomic mass is 10.1. The van der Waals surface area contributed by atoms with Crippen molar-refractivity contribution in [2.24, 2.45) is 0 Å². The number of hydrogen-bond acceptors (Lipinski definition) is 2. The molecule has 3 aromatic rings. The molecule has 24 heavy (non-hydrogen) atoms. The summed E-state index contributed by atoms with van der Waals surface area (Å²) in [6, 6.07) is 16.9. The number of nitrogens with zero attached hydrogens (tertiary/aromatic N) is 2. The van der Waals surface area contributed by atoms with Gasteiger partial charge in [-0.2, -0.15) is 5.10 Å². The average Bonchev–Trinajstić information content (AvgIpc) is 2.88. The zero-order valence-electron chi connectivity index (χ0n) is 12.9. The van der Waals surface area contributed by atoms with E-state index in [1.807, 2.05) is 49.4 Å². The molecule has 0 amide bonds. The monoisotopic (exact) mass is 400 g/mol. The Morgan fingerprint density at radius 1 is 1.12 bits per heavy atom. The number of hydrogen-bond donors (Lipinski definition) is 0. The van der Waals surface area contributed by atoms with E-state index in [4.69, 9.17) is 11.6 Å². The van der Waals surface area contributed by atoms with Crippen LogP contribution in [0.2, 0.25) is 5.15 Å². The van der Waals surface area contributed by atoms with Crippen molar-refractivity contribution in [1.29, 1.82) is 0 Å². The van der Waals surface area contributed by atoms with Crippen LogP contribution in [0.1, 0.15) is 21.6 Å². The minimum atomic E-state index is -0.0783. The SMILES string of the molecule is Cc1nn(-c2ccccc2)c(Cl)c1/C=C/C(=O)c1ccc(Br)cc1. The number of carbonyl (C=O) groups excluding carboxylic acids is 1. The number of carbonyl (C=O) groups is 1. The van der Waals surface area contributed by atoms with Crippen molar-refractivity contribution >= 4 is 39.4 Å². The molecule has 0 aliphatic carbocycles. The van der Waals surface area contributed by atoms with Crippen LogP contribution in [0.3, 0.4) is 0 Å². The first-order valence-corrected chi connectivity index (χ1v) is 8.52. The van der Waals surface area contributed by atoms with Crippen molar-refractivity contribution in [2.45, 2.75) is 6.92 Å². The summed E-state index contributed by atoms with van der Waals surface area (Å²) in [5, 5.41) is 4.94. The number of ketones is 1. The molecule has 120 valence electrons. The summed E-state index contributed by atoms with van der Waals surface area (Å²) in [6.45, 7) is 1.87. The molecule has 0 aliphatic heterocycles. The van der Waals surface area contributed by atoms with Crippen LogP contribution in [0.15, 0.2) is 65.1 Å². The van der Waals surface area contributed by atoms with E-state index in [2.05, 4.69) is 21.0 Å². The molecule has 3 nitrogen and oxygen atoms in total. The van der Waals surface area contributed by atoms with Gasteiger partial charge in [-0.05, 0) is 55.5 Å². The van der Waals surface area contributed by atoms with Crippen molar-refractivity contribution in [2.75, 3.05) is 0 Å². The number of allylic oxidation sites excluding steroid dienone is 1. The standard InChI is InChI=1S/C19H14BrClN2O/c1-13-17(11-12-18(24)14-7-9-15(20)10-8-14)19(21)23(22-13)16-5-3-2-4-6-16/h2-12H,1H3/b12-11+. The first-order chi connectivity index (χ1) is 11.6. The molecule has 0 aliphatic rings. The molecule has 0 atom stereocenters. The first kappa shape index (κ1) is 16.7. The highest BCUT2D eigenvalue weighted by Gasteiger charge is 2.12. The summed E-state index contributed by atoms with van der Waals surface area (Å²) in [5.74, 6) is -0.0783. The zero-order valence-corrected chi connectivity index (χ0v) is 15.3. The molecule has 0 saturated heterocycles. The Bertz CT molecular complexity index is 899. The van der Waals surface area contributed by atoms with E-state index in [0.717, 1.165) is 21.4 Å².